The van der Waals surface area contributed by atoms with E-state index in [9.17, 15) is 26.4 Å². The van der Waals surface area contributed by atoms with Crippen LogP contribution in [0.1, 0.15) is 22.8 Å². The summed E-state index contributed by atoms with van der Waals surface area (Å²) >= 11 is 0. The Morgan fingerprint density at radius 1 is 0.971 bits per heavy atom. The monoisotopic (exact) mass is 507 g/mol. The van der Waals surface area contributed by atoms with Crippen molar-refractivity contribution in [2.75, 3.05) is 31.0 Å². The van der Waals surface area contributed by atoms with Gasteiger partial charge < -0.3 is 9.64 Å². The van der Waals surface area contributed by atoms with E-state index in [1.54, 1.807) is 37.3 Å². The maximum Gasteiger partial charge on any atom is 0.417 e. The number of hydrogen-bond donors (Lipinski definition) is 0. The molecule has 0 aliphatic heterocycles. The van der Waals surface area contributed by atoms with Gasteiger partial charge in [-0.15, -0.1) is 0 Å². The van der Waals surface area contributed by atoms with Gasteiger partial charge in [0, 0.05) is 24.7 Å². The number of sulfonamides is 1. The van der Waals surface area contributed by atoms with E-state index in [4.69, 9.17) is 4.74 Å². The van der Waals surface area contributed by atoms with Crippen molar-refractivity contribution in [3.05, 3.63) is 84.1 Å². The van der Waals surface area contributed by atoms with E-state index in [-0.39, 0.29) is 37.1 Å². The summed E-state index contributed by atoms with van der Waals surface area (Å²) in [5.74, 6) is -0.120. The maximum atomic E-state index is 13.6. The SMILES string of the molecule is CCN(CCN(c1ccc(OC)nc1)S(=O)(=O)c1ccccc1C(F)(F)F)C(=O)c1ccccc1. The van der Waals surface area contributed by atoms with E-state index in [1.165, 1.54) is 36.4 Å². The van der Waals surface area contributed by atoms with Crippen LogP contribution in [0.15, 0.2) is 77.8 Å². The predicted molar refractivity (Wildman–Crippen MR) is 125 cm³/mol. The molecule has 0 N–H and O–H groups in total. The minimum absolute atomic E-state index is 0.0333. The molecule has 1 aromatic heterocycles. The highest BCUT2D eigenvalue weighted by molar-refractivity contribution is 7.92. The van der Waals surface area contributed by atoms with E-state index in [0.717, 1.165) is 16.4 Å². The highest BCUT2D eigenvalue weighted by Crippen LogP contribution is 2.36. The Hall–Kier alpha value is -3.60. The van der Waals surface area contributed by atoms with Crippen LogP contribution in [0.2, 0.25) is 0 Å². The molecule has 0 aliphatic rings. The largest absolute Gasteiger partial charge is 0.481 e. The fourth-order valence-electron chi connectivity index (χ4n) is 3.45. The Kier molecular flexibility index (Phi) is 8.00. The zero-order chi connectivity index (χ0) is 25.6. The Labute approximate surface area is 201 Å². The molecule has 1 heterocycles. The number of benzene rings is 2. The second kappa shape index (κ2) is 10.8. The molecule has 2 aromatic carbocycles. The van der Waals surface area contributed by atoms with Crippen molar-refractivity contribution in [3.63, 3.8) is 0 Å². The van der Waals surface area contributed by atoms with Crippen molar-refractivity contribution in [1.82, 2.24) is 9.88 Å². The number of rotatable bonds is 9. The van der Waals surface area contributed by atoms with Crippen LogP contribution in [-0.2, 0) is 16.2 Å². The number of likely N-dealkylation sites (N-methyl/N-ethyl adjacent to an activating group) is 1. The van der Waals surface area contributed by atoms with Gasteiger partial charge in [-0.3, -0.25) is 9.10 Å². The topological polar surface area (TPSA) is 79.8 Å². The number of carbonyl (C=O) groups is 1. The first-order chi connectivity index (χ1) is 16.6. The number of pyridine rings is 1. The molecule has 7 nitrogen and oxygen atoms in total. The van der Waals surface area contributed by atoms with Crippen molar-refractivity contribution < 1.29 is 31.1 Å². The number of hydrogen-bond acceptors (Lipinski definition) is 5. The summed E-state index contributed by atoms with van der Waals surface area (Å²) in [5, 5.41) is 0. The van der Waals surface area contributed by atoms with Crippen molar-refractivity contribution in [2.45, 2.75) is 18.0 Å². The molecular weight excluding hydrogens is 483 g/mol. The first-order valence-corrected chi connectivity index (χ1v) is 12.1. The normalized spacial score (nSPS) is 11.7. The molecular formula is C24H24F3N3O4S. The zero-order valence-corrected chi connectivity index (χ0v) is 19.9. The number of nitrogens with zero attached hydrogens (tertiary/aromatic N) is 3. The first-order valence-electron chi connectivity index (χ1n) is 10.6. The van der Waals surface area contributed by atoms with Crippen LogP contribution in [-0.4, -0.2) is 51.0 Å². The Morgan fingerprint density at radius 2 is 1.63 bits per heavy atom. The number of alkyl halides is 3. The third-order valence-electron chi connectivity index (χ3n) is 5.24. The van der Waals surface area contributed by atoms with Gasteiger partial charge in [0.05, 0.1) is 36.0 Å². The summed E-state index contributed by atoms with van der Waals surface area (Å²) in [5.41, 5.74) is -0.831. The van der Waals surface area contributed by atoms with Crippen LogP contribution in [0, 0.1) is 0 Å². The Balaban J connectivity index is 2.01. The van der Waals surface area contributed by atoms with Crippen molar-refractivity contribution in [3.8, 4) is 5.88 Å². The molecule has 0 atom stereocenters. The lowest BCUT2D eigenvalue weighted by atomic mass is 10.2. The van der Waals surface area contributed by atoms with Crippen LogP contribution < -0.4 is 9.04 Å². The second-order valence-corrected chi connectivity index (χ2v) is 9.21. The van der Waals surface area contributed by atoms with Crippen LogP contribution in [0.5, 0.6) is 5.88 Å². The molecule has 3 rings (SSSR count). The summed E-state index contributed by atoms with van der Waals surface area (Å²) in [6.45, 7) is 1.63. The summed E-state index contributed by atoms with van der Waals surface area (Å²) in [6.07, 6.45) is -3.69. The molecule has 0 unspecified atom stereocenters. The smallest absolute Gasteiger partial charge is 0.417 e. The molecule has 0 spiro atoms. The number of ether oxygens (including phenoxy) is 1. The minimum Gasteiger partial charge on any atom is -0.481 e. The Morgan fingerprint density at radius 3 is 2.20 bits per heavy atom. The van der Waals surface area contributed by atoms with Crippen LogP contribution in [0.25, 0.3) is 0 Å². The van der Waals surface area contributed by atoms with E-state index in [0.29, 0.717) is 11.6 Å². The van der Waals surface area contributed by atoms with Gasteiger partial charge in [-0.1, -0.05) is 30.3 Å². The van der Waals surface area contributed by atoms with Crippen LogP contribution >= 0.6 is 0 Å². The van der Waals surface area contributed by atoms with Crippen molar-refractivity contribution >= 4 is 21.6 Å². The fraction of sp³-hybridized carbons (Fsp3) is 0.250. The number of methoxy groups -OCH3 is 1. The molecule has 3 aromatic rings. The average molecular weight is 508 g/mol. The summed E-state index contributed by atoms with van der Waals surface area (Å²) in [7, 11) is -3.31. The quantitative estimate of drug-likeness (QED) is 0.427. The highest BCUT2D eigenvalue weighted by Gasteiger charge is 2.39. The molecule has 35 heavy (non-hydrogen) atoms. The van der Waals surface area contributed by atoms with Gasteiger partial charge in [0.15, 0.2) is 0 Å². The molecule has 186 valence electrons. The molecule has 0 aliphatic carbocycles. The number of carbonyl (C=O) groups excluding carboxylic acids is 1. The predicted octanol–water partition coefficient (Wildman–Crippen LogP) is 4.47. The first kappa shape index (κ1) is 26.0. The third-order valence-corrected chi connectivity index (χ3v) is 7.13. The molecule has 0 fully saturated rings. The van der Waals surface area contributed by atoms with E-state index < -0.39 is 26.7 Å². The maximum absolute atomic E-state index is 13.6. The zero-order valence-electron chi connectivity index (χ0n) is 19.1. The Bertz CT molecular complexity index is 1250. The van der Waals surface area contributed by atoms with E-state index in [2.05, 4.69) is 4.98 Å². The van der Waals surface area contributed by atoms with Gasteiger partial charge in [0.2, 0.25) is 5.88 Å². The lowest BCUT2D eigenvalue weighted by Gasteiger charge is -2.29. The second-order valence-electron chi connectivity index (χ2n) is 7.38. The van der Waals surface area contributed by atoms with Gasteiger partial charge in [-0.25, -0.2) is 13.4 Å². The number of aromatic nitrogens is 1. The summed E-state index contributed by atoms with van der Waals surface area (Å²) in [6, 6.07) is 15.2. The van der Waals surface area contributed by atoms with Crippen LogP contribution in [0.4, 0.5) is 18.9 Å². The standard InChI is InChI=1S/C24H24F3N3O4S/c1-3-29(23(31)18-9-5-4-6-10-18)15-16-30(19-13-14-22(34-2)28-17-19)35(32,33)21-12-8-7-11-20(21)24(25,26)27/h4-14,17H,3,15-16H2,1-2H3. The molecule has 0 radical (unpaired) electrons. The van der Waals surface area contributed by atoms with Crippen molar-refractivity contribution in [2.24, 2.45) is 0 Å². The number of halogens is 3. The molecule has 0 saturated carbocycles. The van der Waals surface area contributed by atoms with E-state index >= 15 is 0 Å². The van der Waals surface area contributed by atoms with Crippen LogP contribution in [0.3, 0.4) is 0 Å². The van der Waals surface area contributed by atoms with Gasteiger partial charge >= 0.3 is 6.18 Å². The summed E-state index contributed by atoms with van der Waals surface area (Å²) < 4.78 is 73.9. The van der Waals surface area contributed by atoms with Crippen molar-refractivity contribution in [1.29, 1.82) is 0 Å². The number of amides is 1. The minimum atomic E-state index is -4.88. The summed E-state index contributed by atoms with van der Waals surface area (Å²) in [4.78, 5) is 17.4. The number of anilines is 1. The molecule has 11 heteroatoms. The van der Waals surface area contributed by atoms with Gasteiger partial charge in [0.1, 0.15) is 0 Å². The lowest BCUT2D eigenvalue weighted by Crippen LogP contribution is -2.41. The van der Waals surface area contributed by atoms with E-state index in [1.807, 2.05) is 0 Å². The molecule has 1 amide bonds. The van der Waals surface area contributed by atoms with Gasteiger partial charge in [0.25, 0.3) is 15.9 Å². The third kappa shape index (κ3) is 5.91. The van der Waals surface area contributed by atoms with Gasteiger partial charge in [-0.05, 0) is 37.3 Å². The molecule has 0 bridgehead atoms. The molecule has 0 saturated heterocycles. The fourth-order valence-corrected chi connectivity index (χ4v) is 5.11. The van der Waals surface area contributed by atoms with Gasteiger partial charge in [-0.2, -0.15) is 13.2 Å². The highest BCUT2D eigenvalue weighted by atomic mass is 32.2. The lowest BCUT2D eigenvalue weighted by molar-refractivity contribution is -0.139. The average Bonchev–Trinajstić information content (AvgIpc) is 2.86.